The molecule has 0 bridgehead atoms. The number of hydrogen-bond acceptors (Lipinski definition) is 5. The van der Waals surface area contributed by atoms with Crippen molar-refractivity contribution in [3.63, 3.8) is 0 Å². The van der Waals surface area contributed by atoms with Gasteiger partial charge in [0.1, 0.15) is 6.10 Å². The van der Waals surface area contributed by atoms with Gasteiger partial charge >= 0.3 is 0 Å². The average molecular weight is 370 g/mol. The first-order chi connectivity index (χ1) is 12.9. The molecule has 2 aromatic rings. The molecule has 0 spiro atoms. The van der Waals surface area contributed by atoms with Crippen molar-refractivity contribution in [3.05, 3.63) is 41.6 Å². The number of hydrogen-bond donors (Lipinski definition) is 0. The number of nitrogens with zero attached hydrogens (tertiary/aromatic N) is 4. The average Bonchev–Trinajstić information content (AvgIpc) is 2.66. The summed E-state index contributed by atoms with van der Waals surface area (Å²) in [6.45, 7) is 2.15. The van der Waals surface area contributed by atoms with E-state index in [9.17, 15) is 9.59 Å². The zero-order chi connectivity index (χ0) is 19.6. The summed E-state index contributed by atoms with van der Waals surface area (Å²) in [6, 6.07) is 9.45. The van der Waals surface area contributed by atoms with Gasteiger partial charge in [-0.15, -0.1) is 0 Å². The summed E-state index contributed by atoms with van der Waals surface area (Å²) >= 11 is 0. The van der Waals surface area contributed by atoms with Crippen LogP contribution in [0, 0.1) is 0 Å². The van der Waals surface area contributed by atoms with Gasteiger partial charge in [-0.3, -0.25) is 14.5 Å². The fraction of sp³-hybridized carbons (Fsp3) is 0.450. The molecule has 0 saturated carbocycles. The van der Waals surface area contributed by atoms with Crippen molar-refractivity contribution in [3.8, 4) is 0 Å². The largest absolute Gasteiger partial charge is 0.369 e. The van der Waals surface area contributed by atoms with Crippen LogP contribution in [0.25, 0.3) is 10.9 Å². The number of pyridine rings is 1. The molecule has 0 aliphatic carbocycles. The first kappa shape index (κ1) is 19.3. The van der Waals surface area contributed by atoms with E-state index in [1.807, 2.05) is 30.3 Å². The zero-order valence-corrected chi connectivity index (χ0v) is 16.3. The highest BCUT2D eigenvalue weighted by Gasteiger charge is 2.26. The van der Waals surface area contributed by atoms with Gasteiger partial charge in [-0.25, -0.2) is 4.98 Å². The predicted molar refractivity (Wildman–Crippen MR) is 104 cm³/mol. The van der Waals surface area contributed by atoms with Crippen LogP contribution in [0.15, 0.2) is 30.3 Å². The first-order valence-corrected chi connectivity index (χ1v) is 9.02. The molecule has 1 fully saturated rings. The number of aromatic nitrogens is 1. The number of benzene rings is 1. The van der Waals surface area contributed by atoms with E-state index in [1.54, 1.807) is 38.0 Å². The summed E-state index contributed by atoms with van der Waals surface area (Å²) in [4.78, 5) is 34.7. The molecule has 7 nitrogen and oxygen atoms in total. The third-order valence-electron chi connectivity index (χ3n) is 4.71. The van der Waals surface area contributed by atoms with Gasteiger partial charge in [0.25, 0.3) is 5.91 Å². The standard InChI is InChI=1S/C20H26N4O3/c1-22(2)19(25)13-24-9-10-27-18(12-24)17-11-15(20(26)23(3)4)14-7-5-6-8-16(14)21-17/h5-8,11,18H,9-10,12-13H2,1-4H3/t18-/m0/s1. The second kappa shape index (κ2) is 8.02. The molecule has 27 heavy (non-hydrogen) atoms. The van der Waals surface area contributed by atoms with Crippen molar-refractivity contribution in [1.29, 1.82) is 0 Å². The summed E-state index contributed by atoms with van der Waals surface area (Å²) in [6.07, 6.45) is -0.271. The van der Waals surface area contributed by atoms with Crippen LogP contribution in [0.2, 0.25) is 0 Å². The Hall–Kier alpha value is -2.51. The molecule has 2 heterocycles. The number of fused-ring (bicyclic) bond motifs is 1. The lowest BCUT2D eigenvalue weighted by Crippen LogP contribution is -2.44. The molecular weight excluding hydrogens is 344 g/mol. The Morgan fingerprint density at radius 3 is 2.63 bits per heavy atom. The normalized spacial score (nSPS) is 17.7. The molecule has 3 rings (SSSR count). The number of amides is 2. The van der Waals surface area contributed by atoms with E-state index >= 15 is 0 Å². The van der Waals surface area contributed by atoms with E-state index in [-0.39, 0.29) is 17.9 Å². The maximum Gasteiger partial charge on any atom is 0.254 e. The molecule has 1 aromatic heterocycles. The minimum atomic E-state index is -0.271. The Morgan fingerprint density at radius 1 is 1.19 bits per heavy atom. The number of para-hydroxylation sites is 1. The van der Waals surface area contributed by atoms with Crippen LogP contribution < -0.4 is 0 Å². The van der Waals surface area contributed by atoms with Gasteiger partial charge in [-0.05, 0) is 12.1 Å². The topological polar surface area (TPSA) is 66.0 Å². The first-order valence-electron chi connectivity index (χ1n) is 9.02. The molecule has 1 atom stereocenters. The number of morpholine rings is 1. The lowest BCUT2D eigenvalue weighted by molar-refractivity contribution is -0.132. The number of carbonyl (C=O) groups excluding carboxylic acids is 2. The third kappa shape index (κ3) is 4.26. The minimum absolute atomic E-state index is 0.0607. The quantitative estimate of drug-likeness (QED) is 0.814. The van der Waals surface area contributed by atoms with Crippen LogP contribution >= 0.6 is 0 Å². The molecule has 0 radical (unpaired) electrons. The summed E-state index contributed by atoms with van der Waals surface area (Å²) in [5.41, 5.74) is 2.11. The van der Waals surface area contributed by atoms with Crippen LogP contribution in [-0.4, -0.2) is 85.9 Å². The summed E-state index contributed by atoms with van der Waals surface area (Å²) < 4.78 is 5.93. The maximum atomic E-state index is 12.7. The Balaban J connectivity index is 1.92. The maximum absolute atomic E-state index is 12.7. The monoisotopic (exact) mass is 370 g/mol. The SMILES string of the molecule is CN(C)C(=O)CN1CCO[C@H](c2cc(C(=O)N(C)C)c3ccccc3n2)C1. The fourth-order valence-electron chi connectivity index (χ4n) is 3.14. The number of ether oxygens (including phenoxy) is 1. The van der Waals surface area contributed by atoms with Crippen LogP contribution in [0.3, 0.4) is 0 Å². The van der Waals surface area contributed by atoms with Crippen molar-refractivity contribution < 1.29 is 14.3 Å². The smallest absolute Gasteiger partial charge is 0.254 e. The van der Waals surface area contributed by atoms with Gasteiger partial charge in [0, 0.05) is 46.7 Å². The van der Waals surface area contributed by atoms with Gasteiger partial charge < -0.3 is 14.5 Å². The lowest BCUT2D eigenvalue weighted by Gasteiger charge is -2.33. The number of likely N-dealkylation sites (N-methyl/N-ethyl adjacent to an activating group) is 1. The Bertz CT molecular complexity index is 850. The van der Waals surface area contributed by atoms with E-state index in [2.05, 4.69) is 4.90 Å². The van der Waals surface area contributed by atoms with Crippen molar-refractivity contribution in [2.24, 2.45) is 0 Å². The number of rotatable bonds is 4. The van der Waals surface area contributed by atoms with Gasteiger partial charge in [0.2, 0.25) is 5.91 Å². The van der Waals surface area contributed by atoms with E-state index in [4.69, 9.17) is 9.72 Å². The highest BCUT2D eigenvalue weighted by atomic mass is 16.5. The van der Waals surface area contributed by atoms with Crippen LogP contribution in [0.4, 0.5) is 0 Å². The second-order valence-electron chi connectivity index (χ2n) is 7.19. The lowest BCUT2D eigenvalue weighted by atomic mass is 10.0. The Kier molecular flexibility index (Phi) is 5.72. The summed E-state index contributed by atoms with van der Waals surface area (Å²) in [5.74, 6) is -0.00380. The molecule has 0 N–H and O–H groups in total. The molecule has 1 aromatic carbocycles. The molecule has 0 unspecified atom stereocenters. The Morgan fingerprint density at radius 2 is 1.93 bits per heavy atom. The number of carbonyl (C=O) groups is 2. The molecule has 1 aliphatic rings. The molecule has 2 amide bonds. The second-order valence-corrected chi connectivity index (χ2v) is 7.19. The molecule has 7 heteroatoms. The van der Waals surface area contributed by atoms with Crippen LogP contribution in [0.1, 0.15) is 22.2 Å². The summed E-state index contributed by atoms with van der Waals surface area (Å²) in [7, 11) is 6.99. The zero-order valence-electron chi connectivity index (χ0n) is 16.3. The molecule has 1 aliphatic heterocycles. The minimum Gasteiger partial charge on any atom is -0.369 e. The predicted octanol–water partition coefficient (Wildman–Crippen LogP) is 1.40. The van der Waals surface area contributed by atoms with E-state index in [0.29, 0.717) is 31.8 Å². The molecule has 1 saturated heterocycles. The van der Waals surface area contributed by atoms with Crippen molar-refractivity contribution >= 4 is 22.7 Å². The highest BCUT2D eigenvalue weighted by Crippen LogP contribution is 2.26. The van der Waals surface area contributed by atoms with Crippen LogP contribution in [-0.2, 0) is 9.53 Å². The van der Waals surface area contributed by atoms with Gasteiger partial charge in [-0.1, -0.05) is 18.2 Å². The summed E-state index contributed by atoms with van der Waals surface area (Å²) in [5, 5.41) is 0.829. The highest BCUT2D eigenvalue weighted by molar-refractivity contribution is 6.06. The third-order valence-corrected chi connectivity index (χ3v) is 4.71. The van der Waals surface area contributed by atoms with Crippen molar-refractivity contribution in [2.75, 3.05) is 54.4 Å². The van der Waals surface area contributed by atoms with Gasteiger partial charge in [0.05, 0.1) is 29.9 Å². The molecule has 144 valence electrons. The van der Waals surface area contributed by atoms with E-state index < -0.39 is 0 Å². The molecular formula is C20H26N4O3. The fourth-order valence-corrected chi connectivity index (χ4v) is 3.14. The van der Waals surface area contributed by atoms with E-state index in [1.165, 1.54) is 0 Å². The van der Waals surface area contributed by atoms with Crippen molar-refractivity contribution in [1.82, 2.24) is 19.7 Å². The van der Waals surface area contributed by atoms with Crippen LogP contribution in [0.5, 0.6) is 0 Å². The van der Waals surface area contributed by atoms with Gasteiger partial charge in [0.15, 0.2) is 0 Å². The Labute approximate surface area is 159 Å². The van der Waals surface area contributed by atoms with Gasteiger partial charge in [-0.2, -0.15) is 0 Å². The van der Waals surface area contributed by atoms with E-state index in [0.717, 1.165) is 16.6 Å². The van der Waals surface area contributed by atoms with Crippen molar-refractivity contribution in [2.45, 2.75) is 6.10 Å².